The highest BCUT2D eigenvalue weighted by molar-refractivity contribution is 5.80. The molecule has 0 aromatic heterocycles. The number of ether oxygens (including phenoxy) is 2. The average molecular weight is 451 g/mol. The maximum Gasteiger partial charge on any atom is 0.227 e. The van der Waals surface area contributed by atoms with Gasteiger partial charge in [-0.2, -0.15) is 0 Å². The first-order chi connectivity index (χ1) is 15.9. The Morgan fingerprint density at radius 3 is 2.61 bits per heavy atom. The number of rotatable bonds is 7. The van der Waals surface area contributed by atoms with E-state index < -0.39 is 0 Å². The van der Waals surface area contributed by atoms with E-state index in [-0.39, 0.29) is 17.9 Å². The van der Waals surface area contributed by atoms with Gasteiger partial charge in [-0.05, 0) is 55.5 Å². The molecule has 178 valence electrons. The molecule has 0 aliphatic carbocycles. The number of carbonyl (C=O) groups excluding carboxylic acids is 1. The lowest BCUT2D eigenvalue weighted by atomic mass is 9.99. The van der Waals surface area contributed by atoms with Crippen LogP contribution < -0.4 is 9.47 Å². The Balaban J connectivity index is 1.49. The minimum absolute atomic E-state index is 0.0522. The van der Waals surface area contributed by atoms with Crippen LogP contribution in [0, 0.1) is 18.8 Å². The number of amides is 1. The Bertz CT molecular complexity index is 944. The van der Waals surface area contributed by atoms with Crippen molar-refractivity contribution in [2.75, 3.05) is 26.3 Å². The van der Waals surface area contributed by atoms with Crippen molar-refractivity contribution in [2.45, 2.75) is 59.7 Å². The standard InChI is InChI=1S/C28H38N2O3/c1-20(2)22(4)30(18-24-15-21(3)27-26(16-24)32-13-8-14-33-27)28(31)25-11-12-29(19-25)17-23-9-6-5-7-10-23/h5-7,9-10,15-16,20,22,25H,8,11-14,17-19H2,1-4H3. The zero-order valence-electron chi connectivity index (χ0n) is 20.5. The Labute approximate surface area is 198 Å². The number of hydrogen-bond acceptors (Lipinski definition) is 4. The minimum Gasteiger partial charge on any atom is -0.490 e. The van der Waals surface area contributed by atoms with E-state index in [1.54, 1.807) is 0 Å². The largest absolute Gasteiger partial charge is 0.490 e. The van der Waals surface area contributed by atoms with Gasteiger partial charge < -0.3 is 14.4 Å². The summed E-state index contributed by atoms with van der Waals surface area (Å²) >= 11 is 0. The van der Waals surface area contributed by atoms with Gasteiger partial charge in [0.25, 0.3) is 0 Å². The summed E-state index contributed by atoms with van der Waals surface area (Å²) in [6, 6.07) is 14.9. The molecule has 2 aromatic carbocycles. The quantitative estimate of drug-likeness (QED) is 0.592. The fourth-order valence-corrected chi connectivity index (χ4v) is 4.85. The summed E-state index contributed by atoms with van der Waals surface area (Å²) in [5.41, 5.74) is 3.49. The van der Waals surface area contributed by atoms with Gasteiger partial charge in [0.1, 0.15) is 0 Å². The highest BCUT2D eigenvalue weighted by atomic mass is 16.5. The maximum absolute atomic E-state index is 13.8. The van der Waals surface area contributed by atoms with Gasteiger partial charge in [-0.25, -0.2) is 0 Å². The third-order valence-electron chi connectivity index (χ3n) is 7.06. The summed E-state index contributed by atoms with van der Waals surface area (Å²) in [5, 5.41) is 0. The molecule has 2 aromatic rings. The smallest absolute Gasteiger partial charge is 0.227 e. The third-order valence-corrected chi connectivity index (χ3v) is 7.06. The fourth-order valence-electron chi connectivity index (χ4n) is 4.85. The lowest BCUT2D eigenvalue weighted by molar-refractivity contribution is -0.138. The number of likely N-dealkylation sites (tertiary alicyclic amines) is 1. The highest BCUT2D eigenvalue weighted by Crippen LogP contribution is 2.35. The van der Waals surface area contributed by atoms with E-state index in [1.807, 2.05) is 6.07 Å². The minimum atomic E-state index is 0.0522. The first kappa shape index (κ1) is 23.6. The van der Waals surface area contributed by atoms with Crippen LogP contribution in [0.15, 0.2) is 42.5 Å². The van der Waals surface area contributed by atoms with E-state index in [1.165, 1.54) is 5.56 Å². The molecule has 4 rings (SSSR count). The summed E-state index contributed by atoms with van der Waals surface area (Å²) in [7, 11) is 0. The highest BCUT2D eigenvalue weighted by Gasteiger charge is 2.34. The Morgan fingerprint density at radius 1 is 1.09 bits per heavy atom. The second-order valence-corrected chi connectivity index (χ2v) is 9.95. The van der Waals surface area contributed by atoms with E-state index in [9.17, 15) is 4.79 Å². The molecular formula is C28H38N2O3. The zero-order chi connectivity index (χ0) is 23.4. The molecule has 0 radical (unpaired) electrons. The number of benzene rings is 2. The first-order valence-electron chi connectivity index (χ1n) is 12.4. The van der Waals surface area contributed by atoms with E-state index in [4.69, 9.17) is 9.47 Å². The van der Waals surface area contributed by atoms with Gasteiger partial charge in [0.15, 0.2) is 11.5 Å². The monoisotopic (exact) mass is 450 g/mol. The Morgan fingerprint density at radius 2 is 1.85 bits per heavy atom. The molecule has 5 heteroatoms. The van der Waals surface area contributed by atoms with Crippen LogP contribution in [0.3, 0.4) is 0 Å². The maximum atomic E-state index is 13.8. The summed E-state index contributed by atoms with van der Waals surface area (Å²) in [5.74, 6) is 2.37. The lowest BCUT2D eigenvalue weighted by Gasteiger charge is -2.34. The number of fused-ring (bicyclic) bond motifs is 1. The van der Waals surface area contributed by atoms with Crippen LogP contribution in [-0.4, -0.2) is 48.1 Å². The molecule has 1 saturated heterocycles. The zero-order valence-corrected chi connectivity index (χ0v) is 20.5. The molecule has 2 heterocycles. The topological polar surface area (TPSA) is 42.0 Å². The molecule has 2 aliphatic heterocycles. The molecule has 0 spiro atoms. The average Bonchev–Trinajstić information content (AvgIpc) is 3.13. The van der Waals surface area contributed by atoms with Gasteiger partial charge in [-0.15, -0.1) is 0 Å². The molecule has 2 atom stereocenters. The molecular weight excluding hydrogens is 412 g/mol. The van der Waals surface area contributed by atoms with Crippen molar-refractivity contribution < 1.29 is 14.3 Å². The normalized spacial score (nSPS) is 19.4. The van der Waals surface area contributed by atoms with E-state index in [0.29, 0.717) is 25.7 Å². The Hall–Kier alpha value is -2.53. The molecule has 0 saturated carbocycles. The van der Waals surface area contributed by atoms with Crippen LogP contribution in [-0.2, 0) is 17.9 Å². The summed E-state index contributed by atoms with van der Waals surface area (Å²) in [6.07, 6.45) is 1.81. The van der Waals surface area contributed by atoms with Crippen LogP contribution in [0.25, 0.3) is 0 Å². The van der Waals surface area contributed by atoms with Gasteiger partial charge in [0.2, 0.25) is 5.91 Å². The van der Waals surface area contributed by atoms with E-state index in [2.05, 4.69) is 73.9 Å². The molecule has 0 bridgehead atoms. The molecule has 0 N–H and O–H groups in total. The lowest BCUT2D eigenvalue weighted by Crippen LogP contribution is -2.44. The van der Waals surface area contributed by atoms with Crippen molar-refractivity contribution >= 4 is 5.91 Å². The van der Waals surface area contributed by atoms with Crippen molar-refractivity contribution in [2.24, 2.45) is 11.8 Å². The van der Waals surface area contributed by atoms with Crippen molar-refractivity contribution in [1.29, 1.82) is 0 Å². The molecule has 33 heavy (non-hydrogen) atoms. The molecule has 1 fully saturated rings. The van der Waals surface area contributed by atoms with Crippen LogP contribution >= 0.6 is 0 Å². The SMILES string of the molecule is Cc1cc(CN(C(=O)C2CCN(Cc3ccccc3)C2)C(C)C(C)C)cc2c1OCCCO2. The summed E-state index contributed by atoms with van der Waals surface area (Å²) in [6.45, 7) is 13.3. The third kappa shape index (κ3) is 5.70. The van der Waals surface area contributed by atoms with Crippen molar-refractivity contribution in [3.63, 3.8) is 0 Å². The number of nitrogens with zero attached hydrogens (tertiary/aromatic N) is 2. The van der Waals surface area contributed by atoms with Crippen molar-refractivity contribution in [3.8, 4) is 11.5 Å². The van der Waals surface area contributed by atoms with Crippen molar-refractivity contribution in [3.05, 3.63) is 59.2 Å². The number of carbonyl (C=O) groups is 1. The fraction of sp³-hybridized carbons (Fsp3) is 0.536. The molecule has 1 amide bonds. The Kier molecular flexibility index (Phi) is 7.59. The van der Waals surface area contributed by atoms with Gasteiger partial charge in [-0.1, -0.05) is 50.2 Å². The van der Waals surface area contributed by atoms with Crippen LogP contribution in [0.2, 0.25) is 0 Å². The van der Waals surface area contributed by atoms with Crippen LogP contribution in [0.5, 0.6) is 11.5 Å². The second kappa shape index (κ2) is 10.6. The van der Waals surface area contributed by atoms with Crippen molar-refractivity contribution in [1.82, 2.24) is 9.80 Å². The second-order valence-electron chi connectivity index (χ2n) is 9.95. The van der Waals surface area contributed by atoms with Gasteiger partial charge in [0.05, 0.1) is 19.1 Å². The number of aryl methyl sites for hydroxylation is 1. The van der Waals surface area contributed by atoms with Gasteiger partial charge in [-0.3, -0.25) is 9.69 Å². The van der Waals surface area contributed by atoms with E-state index in [0.717, 1.165) is 55.1 Å². The predicted octanol–water partition coefficient (Wildman–Crippen LogP) is 5.05. The first-order valence-corrected chi connectivity index (χ1v) is 12.4. The van der Waals surface area contributed by atoms with Gasteiger partial charge in [0, 0.05) is 32.1 Å². The molecule has 5 nitrogen and oxygen atoms in total. The van der Waals surface area contributed by atoms with Crippen LogP contribution in [0.1, 0.15) is 50.3 Å². The molecule has 2 unspecified atom stereocenters. The number of hydrogen-bond donors (Lipinski definition) is 0. The summed E-state index contributed by atoms with van der Waals surface area (Å²) in [4.78, 5) is 18.3. The molecule has 2 aliphatic rings. The summed E-state index contributed by atoms with van der Waals surface area (Å²) < 4.78 is 11.9. The van der Waals surface area contributed by atoms with Gasteiger partial charge >= 0.3 is 0 Å². The predicted molar refractivity (Wildman–Crippen MR) is 131 cm³/mol. The van der Waals surface area contributed by atoms with Crippen LogP contribution in [0.4, 0.5) is 0 Å². The van der Waals surface area contributed by atoms with E-state index >= 15 is 0 Å².